The maximum atomic E-state index is 10.9. The summed E-state index contributed by atoms with van der Waals surface area (Å²) in [6, 6.07) is 0. The number of hydrogen-bond donors (Lipinski definition) is 0. The van der Waals surface area contributed by atoms with E-state index < -0.39 is 31.7 Å². The second-order valence-electron chi connectivity index (χ2n) is 21.9. The van der Waals surface area contributed by atoms with Gasteiger partial charge in [-0.05, 0) is 205 Å². The average molecular weight is 1080 g/mol. The van der Waals surface area contributed by atoms with Gasteiger partial charge < -0.3 is 20.4 Å². The molecule has 0 unspecified atom stereocenters. The molecule has 4 nitrogen and oxygen atoms in total. The van der Waals surface area contributed by atoms with E-state index in [0.717, 1.165) is 70.3 Å². The molecule has 0 saturated heterocycles. The maximum absolute atomic E-state index is 10.9. The molecule has 0 aliphatic heterocycles. The normalized spacial score (nSPS) is 24.8. The molecule has 0 aromatic carbocycles. The van der Waals surface area contributed by atoms with Crippen molar-refractivity contribution in [1.82, 2.24) is 0 Å². The molecule has 0 atom stereocenters. The van der Waals surface area contributed by atoms with Crippen molar-refractivity contribution in [2.45, 2.75) is 302 Å². The SMILES string of the molecule is [Ni+2].[Ni+2].[O-]/C=C\[PH+](C1CCCCC1)C1CCCCC1.[O-]/C=C\[PH+](C1CCCCC1)C1CCCCC1.[O-]/C=C\[PH+](C1CCCCC1)C1CCCCC1.[O-]/C=C\[PH+](C1CCCCC1)C1CCCCC1. The van der Waals surface area contributed by atoms with Crippen molar-refractivity contribution < 1.29 is 53.4 Å². The molecule has 10 heteroatoms. The van der Waals surface area contributed by atoms with Crippen molar-refractivity contribution in [3.05, 3.63) is 48.3 Å². The van der Waals surface area contributed by atoms with Gasteiger partial charge in [-0.1, -0.05) is 51.4 Å². The van der Waals surface area contributed by atoms with E-state index in [0.29, 0.717) is 0 Å². The van der Waals surface area contributed by atoms with Crippen LogP contribution in [0.15, 0.2) is 48.3 Å². The zero-order valence-corrected chi connectivity index (χ0v) is 47.8. The van der Waals surface area contributed by atoms with Crippen LogP contribution in [0.5, 0.6) is 0 Å². The Bertz CT molecular complexity index is 992. The summed E-state index contributed by atoms with van der Waals surface area (Å²) in [6.45, 7) is 0. The van der Waals surface area contributed by atoms with Crippen LogP contribution in [0.4, 0.5) is 0 Å². The van der Waals surface area contributed by atoms with Crippen LogP contribution < -0.4 is 20.4 Å². The first-order valence-electron chi connectivity index (χ1n) is 28.3. The third-order valence-corrected chi connectivity index (χ3v) is 31.9. The van der Waals surface area contributed by atoms with Crippen LogP contribution in [0.2, 0.25) is 0 Å². The molecule has 0 aromatic heterocycles. The Labute approximate surface area is 432 Å². The standard InChI is InChI=1S/4C14H25OP.2Ni/c4*15-11-12-16(13-7-3-1-4-8-13)14-9-5-2-6-10-14;;/h4*11-15H,1-10H2;;/q;;;;2*+2/b4*12-11-;;. The monoisotopic (exact) mass is 1080 g/mol. The average Bonchev–Trinajstić information content (AvgIpc) is 3.38. The smallest absolute Gasteiger partial charge is 0.876 e. The summed E-state index contributed by atoms with van der Waals surface area (Å²) in [4.78, 5) is 0. The van der Waals surface area contributed by atoms with Crippen molar-refractivity contribution in [3.8, 4) is 0 Å². The minimum absolute atomic E-state index is 0. The Morgan fingerprint density at radius 3 is 0.394 bits per heavy atom. The summed E-state index contributed by atoms with van der Waals surface area (Å²) in [5.74, 6) is 8.38. The van der Waals surface area contributed by atoms with E-state index in [1.54, 1.807) is 0 Å². The molecule has 8 aliphatic carbocycles. The molecule has 66 heavy (non-hydrogen) atoms. The third-order valence-electron chi connectivity index (χ3n) is 17.7. The summed E-state index contributed by atoms with van der Waals surface area (Å²) < 4.78 is 0. The van der Waals surface area contributed by atoms with Crippen LogP contribution in [0.25, 0.3) is 0 Å². The molecule has 384 valence electrons. The molecule has 8 aliphatic rings. The molecule has 8 saturated carbocycles. The fraction of sp³-hybridized carbons (Fsp3) is 0.857. The van der Waals surface area contributed by atoms with Crippen LogP contribution in [0, 0.1) is 0 Å². The predicted molar refractivity (Wildman–Crippen MR) is 285 cm³/mol. The molecule has 0 spiro atoms. The fourth-order valence-corrected chi connectivity index (χ4v) is 28.3. The second-order valence-corrected chi connectivity index (χ2v) is 33.8. The summed E-state index contributed by atoms with van der Waals surface area (Å²) in [5, 5.41) is 43.5. The quantitative estimate of drug-likeness (QED) is 0.111. The maximum Gasteiger partial charge on any atom is 2.00 e. The minimum Gasteiger partial charge on any atom is -0.876 e. The molecule has 0 bridgehead atoms. The molecular weight excluding hydrogens is 978 g/mol. The molecule has 0 N–H and O–H groups in total. The van der Waals surface area contributed by atoms with Gasteiger partial charge in [0, 0.05) is 55.0 Å². The van der Waals surface area contributed by atoms with Crippen molar-refractivity contribution in [2.75, 3.05) is 0 Å². The van der Waals surface area contributed by atoms with Gasteiger partial charge in [-0.15, -0.1) is 25.0 Å². The van der Waals surface area contributed by atoms with E-state index in [1.807, 2.05) is 0 Å². The van der Waals surface area contributed by atoms with Gasteiger partial charge >= 0.3 is 33.0 Å². The van der Waals surface area contributed by atoms with Crippen molar-refractivity contribution in [1.29, 1.82) is 0 Å². The first-order valence-corrected chi connectivity index (χ1v) is 35.2. The van der Waals surface area contributed by atoms with Gasteiger partial charge in [0.25, 0.3) is 0 Å². The molecule has 8 rings (SSSR count). The molecule has 0 aromatic rings. The molecule has 0 heterocycles. The van der Waals surface area contributed by atoms with Gasteiger partial charge in [0.2, 0.25) is 0 Å². The van der Waals surface area contributed by atoms with Gasteiger partial charge in [0.1, 0.15) is 0 Å². The van der Waals surface area contributed by atoms with E-state index in [1.165, 1.54) is 257 Å². The van der Waals surface area contributed by atoms with E-state index in [-0.39, 0.29) is 33.0 Å². The number of hydrogen-bond acceptors (Lipinski definition) is 4. The van der Waals surface area contributed by atoms with Gasteiger partial charge in [0.05, 0.1) is 45.3 Å². The summed E-state index contributed by atoms with van der Waals surface area (Å²) >= 11 is 0. The summed E-state index contributed by atoms with van der Waals surface area (Å²) in [5.41, 5.74) is 7.39. The zero-order valence-electron chi connectivity index (χ0n) is 41.8. The van der Waals surface area contributed by atoms with Crippen LogP contribution in [0.1, 0.15) is 257 Å². The first-order chi connectivity index (χ1) is 31.7. The molecule has 0 radical (unpaired) electrons. The second kappa shape index (κ2) is 38.5. The summed E-state index contributed by atoms with van der Waals surface area (Å²) in [6.07, 6.45) is 61.1. The van der Waals surface area contributed by atoms with Crippen LogP contribution >= 0.6 is 31.7 Å². The fourth-order valence-electron chi connectivity index (χ4n) is 14.2. The van der Waals surface area contributed by atoms with Crippen LogP contribution in [-0.4, -0.2) is 45.3 Å². The Kier molecular flexibility index (Phi) is 35.7. The van der Waals surface area contributed by atoms with Crippen LogP contribution in [0.3, 0.4) is 0 Å². The van der Waals surface area contributed by atoms with Gasteiger partial charge in [0.15, 0.2) is 0 Å². The van der Waals surface area contributed by atoms with Crippen molar-refractivity contribution in [2.24, 2.45) is 0 Å². The Hall–Kier alpha value is 0.867. The van der Waals surface area contributed by atoms with Gasteiger partial charge in [-0.25, -0.2) is 0 Å². The summed E-state index contributed by atoms with van der Waals surface area (Å²) in [7, 11) is -1.96. The predicted octanol–water partition coefficient (Wildman–Crippen LogP) is 14.8. The van der Waals surface area contributed by atoms with E-state index in [4.69, 9.17) is 0 Å². The van der Waals surface area contributed by atoms with E-state index in [9.17, 15) is 20.4 Å². The van der Waals surface area contributed by atoms with E-state index >= 15 is 0 Å². The third kappa shape index (κ3) is 22.3. The Morgan fingerprint density at radius 1 is 0.197 bits per heavy atom. The Balaban J connectivity index is 0.000000231. The molecule has 8 fully saturated rings. The van der Waals surface area contributed by atoms with Crippen molar-refractivity contribution >= 4 is 31.7 Å². The molecule has 0 amide bonds. The minimum atomic E-state index is -0.490. The largest absolute Gasteiger partial charge is 2.00 e. The van der Waals surface area contributed by atoms with Crippen molar-refractivity contribution in [3.63, 3.8) is 0 Å². The molecular formula is C56H100Ni2O4P4+4. The number of rotatable bonds is 12. The zero-order chi connectivity index (χ0) is 44.9. The topological polar surface area (TPSA) is 92.2 Å². The van der Waals surface area contributed by atoms with Gasteiger partial charge in [-0.3, -0.25) is 0 Å². The van der Waals surface area contributed by atoms with Crippen LogP contribution in [-0.2, 0) is 33.0 Å². The van der Waals surface area contributed by atoms with Gasteiger partial charge in [-0.2, -0.15) is 0 Å². The first kappa shape index (κ1) is 61.2. The Morgan fingerprint density at radius 2 is 0.303 bits per heavy atom. The van der Waals surface area contributed by atoms with E-state index in [2.05, 4.69) is 23.3 Å².